The monoisotopic (exact) mass is 398 g/mol. The number of carbonyl (C=O) groups excluding carboxylic acids is 3. The largest absolute Gasteiger partial charge is 0.353 e. The fourth-order valence-corrected chi connectivity index (χ4v) is 3.05. The van der Waals surface area contributed by atoms with Crippen molar-refractivity contribution in [1.82, 2.24) is 20.4 Å². The molecule has 4 amide bonds. The first-order chi connectivity index (χ1) is 13.9. The Morgan fingerprint density at radius 2 is 1.93 bits per heavy atom. The molecule has 2 N–H and O–H groups in total. The molecule has 29 heavy (non-hydrogen) atoms. The van der Waals surface area contributed by atoms with Gasteiger partial charge in [-0.15, -0.1) is 0 Å². The molecule has 1 aliphatic heterocycles. The summed E-state index contributed by atoms with van der Waals surface area (Å²) in [6, 6.07) is 12.7. The molecule has 2 aromatic carbocycles. The average molecular weight is 398 g/mol. The summed E-state index contributed by atoms with van der Waals surface area (Å²) in [5, 5.41) is 5.48. The van der Waals surface area contributed by atoms with Crippen molar-refractivity contribution in [1.29, 1.82) is 0 Å². The second kappa shape index (κ2) is 9.18. The molecule has 0 saturated carbocycles. The number of benzene rings is 2. The standard InChI is InChI=1S/C21H23FN4O3/c1-25(13-16-3-2-4-18(22)11-16)21(29)24-12-15-5-7-17(8-6-15)20(28)26-10-9-23-19(27)14-26/h2-8,11H,9-10,12-14H2,1H3,(H,23,27)(H,24,29). The van der Waals surface area contributed by atoms with Gasteiger partial charge in [0.05, 0.1) is 6.54 Å². The van der Waals surface area contributed by atoms with E-state index in [4.69, 9.17) is 0 Å². The molecule has 0 spiro atoms. The van der Waals surface area contributed by atoms with Crippen molar-refractivity contribution in [2.45, 2.75) is 13.1 Å². The van der Waals surface area contributed by atoms with E-state index in [1.54, 1.807) is 43.4 Å². The summed E-state index contributed by atoms with van der Waals surface area (Å²) in [6.45, 7) is 1.60. The van der Waals surface area contributed by atoms with Crippen LogP contribution in [-0.2, 0) is 17.9 Å². The molecule has 152 valence electrons. The Labute approximate surface area is 168 Å². The number of piperazine rings is 1. The molecule has 8 heteroatoms. The predicted octanol–water partition coefficient (Wildman–Crippen LogP) is 1.74. The third-order valence-electron chi connectivity index (χ3n) is 4.63. The van der Waals surface area contributed by atoms with Gasteiger partial charge in [-0.1, -0.05) is 24.3 Å². The number of hydrogen-bond acceptors (Lipinski definition) is 3. The summed E-state index contributed by atoms with van der Waals surface area (Å²) >= 11 is 0. The fraction of sp³-hybridized carbons (Fsp3) is 0.286. The quantitative estimate of drug-likeness (QED) is 0.805. The van der Waals surface area contributed by atoms with E-state index in [0.717, 1.165) is 5.56 Å². The van der Waals surface area contributed by atoms with Crippen LogP contribution in [0.25, 0.3) is 0 Å². The molecule has 0 aliphatic carbocycles. The van der Waals surface area contributed by atoms with Gasteiger partial charge in [-0.05, 0) is 35.4 Å². The molecule has 0 bridgehead atoms. The molecule has 7 nitrogen and oxygen atoms in total. The van der Waals surface area contributed by atoms with Crippen LogP contribution in [0.3, 0.4) is 0 Å². The smallest absolute Gasteiger partial charge is 0.317 e. The minimum Gasteiger partial charge on any atom is -0.353 e. The van der Waals surface area contributed by atoms with Gasteiger partial charge in [0.15, 0.2) is 0 Å². The van der Waals surface area contributed by atoms with E-state index in [-0.39, 0.29) is 30.2 Å². The number of nitrogens with zero attached hydrogens (tertiary/aromatic N) is 2. The second-order valence-corrected chi connectivity index (χ2v) is 6.92. The zero-order valence-electron chi connectivity index (χ0n) is 16.2. The Balaban J connectivity index is 1.51. The summed E-state index contributed by atoms with van der Waals surface area (Å²) < 4.78 is 13.2. The Bertz CT molecular complexity index is 901. The highest BCUT2D eigenvalue weighted by atomic mass is 19.1. The lowest BCUT2D eigenvalue weighted by atomic mass is 10.1. The second-order valence-electron chi connectivity index (χ2n) is 6.92. The highest BCUT2D eigenvalue weighted by Gasteiger charge is 2.22. The minimum absolute atomic E-state index is 0.0638. The van der Waals surface area contributed by atoms with Crippen LogP contribution in [0.4, 0.5) is 9.18 Å². The highest BCUT2D eigenvalue weighted by Crippen LogP contribution is 2.10. The van der Waals surface area contributed by atoms with Crippen LogP contribution in [0.5, 0.6) is 0 Å². The van der Waals surface area contributed by atoms with Crippen LogP contribution in [0.1, 0.15) is 21.5 Å². The zero-order chi connectivity index (χ0) is 20.8. The molecular weight excluding hydrogens is 375 g/mol. The van der Waals surface area contributed by atoms with E-state index in [1.165, 1.54) is 21.9 Å². The maximum absolute atomic E-state index is 13.2. The third kappa shape index (κ3) is 5.54. The van der Waals surface area contributed by atoms with Gasteiger partial charge >= 0.3 is 6.03 Å². The summed E-state index contributed by atoms with van der Waals surface area (Å²) in [4.78, 5) is 39.1. The molecule has 1 aliphatic rings. The van der Waals surface area contributed by atoms with E-state index in [1.807, 2.05) is 0 Å². The van der Waals surface area contributed by atoms with E-state index >= 15 is 0 Å². The average Bonchev–Trinajstić information content (AvgIpc) is 2.72. The third-order valence-corrected chi connectivity index (χ3v) is 4.63. The van der Waals surface area contributed by atoms with Gasteiger partial charge in [-0.2, -0.15) is 0 Å². The number of halogens is 1. The van der Waals surface area contributed by atoms with Crippen molar-refractivity contribution in [2.24, 2.45) is 0 Å². The molecule has 0 radical (unpaired) electrons. The first-order valence-corrected chi connectivity index (χ1v) is 9.30. The normalized spacial score (nSPS) is 13.6. The van der Waals surface area contributed by atoms with Gasteiger partial charge in [0.2, 0.25) is 5.91 Å². The van der Waals surface area contributed by atoms with Gasteiger partial charge in [-0.3, -0.25) is 9.59 Å². The van der Waals surface area contributed by atoms with Gasteiger partial charge in [0, 0.05) is 38.8 Å². The number of nitrogens with one attached hydrogen (secondary N) is 2. The topological polar surface area (TPSA) is 81.8 Å². The van der Waals surface area contributed by atoms with E-state index in [2.05, 4.69) is 10.6 Å². The van der Waals surface area contributed by atoms with E-state index < -0.39 is 0 Å². The Hall–Kier alpha value is -3.42. The number of carbonyl (C=O) groups is 3. The summed E-state index contributed by atoms with van der Waals surface area (Å²) in [5.74, 6) is -0.687. The Morgan fingerprint density at radius 3 is 2.62 bits per heavy atom. The van der Waals surface area contributed by atoms with Crippen molar-refractivity contribution in [3.63, 3.8) is 0 Å². The first-order valence-electron chi connectivity index (χ1n) is 9.30. The Kier molecular flexibility index (Phi) is 6.43. The number of rotatable bonds is 5. The highest BCUT2D eigenvalue weighted by molar-refractivity contribution is 5.97. The van der Waals surface area contributed by atoms with Crippen LogP contribution in [0.2, 0.25) is 0 Å². The summed E-state index contributed by atoms with van der Waals surface area (Å²) in [7, 11) is 1.64. The number of urea groups is 1. The molecule has 0 atom stereocenters. The molecule has 1 fully saturated rings. The van der Waals surface area contributed by atoms with Crippen LogP contribution in [-0.4, -0.2) is 54.3 Å². The van der Waals surface area contributed by atoms with Crippen LogP contribution >= 0.6 is 0 Å². The van der Waals surface area contributed by atoms with Crippen LogP contribution in [0, 0.1) is 5.82 Å². The maximum atomic E-state index is 13.2. The molecule has 3 rings (SSSR count). The first kappa shape index (κ1) is 20.3. The Morgan fingerprint density at radius 1 is 1.17 bits per heavy atom. The van der Waals surface area contributed by atoms with E-state index in [9.17, 15) is 18.8 Å². The SMILES string of the molecule is CN(Cc1cccc(F)c1)C(=O)NCc1ccc(C(=O)N2CCNC(=O)C2)cc1. The van der Waals surface area contributed by atoms with Crippen molar-refractivity contribution in [3.05, 3.63) is 71.0 Å². The molecule has 1 heterocycles. The van der Waals surface area contributed by atoms with Crippen LogP contribution < -0.4 is 10.6 Å². The van der Waals surface area contributed by atoms with E-state index in [0.29, 0.717) is 37.3 Å². The summed E-state index contributed by atoms with van der Waals surface area (Å²) in [5.41, 5.74) is 2.04. The molecule has 0 unspecified atom stereocenters. The number of hydrogen-bond donors (Lipinski definition) is 2. The molecule has 0 aromatic heterocycles. The molecule has 2 aromatic rings. The zero-order valence-corrected chi connectivity index (χ0v) is 16.2. The lowest BCUT2D eigenvalue weighted by Crippen LogP contribution is -2.49. The van der Waals surface area contributed by atoms with Crippen molar-refractivity contribution < 1.29 is 18.8 Å². The lowest BCUT2D eigenvalue weighted by molar-refractivity contribution is -0.123. The maximum Gasteiger partial charge on any atom is 0.317 e. The molecular formula is C21H23FN4O3. The van der Waals surface area contributed by atoms with Crippen molar-refractivity contribution >= 4 is 17.8 Å². The fourth-order valence-electron chi connectivity index (χ4n) is 3.05. The van der Waals surface area contributed by atoms with Gasteiger partial charge < -0.3 is 20.4 Å². The van der Waals surface area contributed by atoms with Gasteiger partial charge in [-0.25, -0.2) is 9.18 Å². The van der Waals surface area contributed by atoms with Crippen LogP contribution in [0.15, 0.2) is 48.5 Å². The molecule has 1 saturated heterocycles. The predicted molar refractivity (Wildman–Crippen MR) is 105 cm³/mol. The number of amides is 4. The van der Waals surface area contributed by atoms with Crippen molar-refractivity contribution in [2.75, 3.05) is 26.7 Å². The van der Waals surface area contributed by atoms with Gasteiger partial charge in [0.25, 0.3) is 5.91 Å². The van der Waals surface area contributed by atoms with Crippen molar-refractivity contribution in [3.8, 4) is 0 Å². The minimum atomic E-state index is -0.337. The lowest BCUT2D eigenvalue weighted by Gasteiger charge is -2.26. The van der Waals surface area contributed by atoms with Gasteiger partial charge in [0.1, 0.15) is 5.82 Å². The summed E-state index contributed by atoms with van der Waals surface area (Å²) in [6.07, 6.45) is 0.